The molecule has 5 heteroatoms. The molecule has 1 heterocycles. The molecule has 0 radical (unpaired) electrons. The predicted molar refractivity (Wildman–Crippen MR) is 92.5 cm³/mol. The largest absolute Gasteiger partial charge is 0.469 e. The maximum Gasteiger partial charge on any atom is 0.311 e. The molecule has 25 heavy (non-hydrogen) atoms. The Morgan fingerprint density at radius 2 is 1.08 bits per heavy atom. The van der Waals surface area contributed by atoms with Gasteiger partial charge in [-0.1, -0.05) is 60.7 Å². The van der Waals surface area contributed by atoms with Crippen LogP contribution >= 0.6 is 0 Å². The van der Waals surface area contributed by atoms with Gasteiger partial charge in [0.2, 0.25) is 0 Å². The Bertz CT molecular complexity index is 668. The summed E-state index contributed by atoms with van der Waals surface area (Å²) < 4.78 is 10.0. The zero-order valence-corrected chi connectivity index (χ0v) is 14.2. The van der Waals surface area contributed by atoms with Gasteiger partial charge < -0.3 is 14.8 Å². The van der Waals surface area contributed by atoms with Gasteiger partial charge in [0.15, 0.2) is 0 Å². The Morgan fingerprint density at radius 1 is 0.720 bits per heavy atom. The molecule has 0 bridgehead atoms. The molecule has 0 amide bonds. The van der Waals surface area contributed by atoms with Crippen LogP contribution in [0.1, 0.15) is 23.2 Å². The van der Waals surface area contributed by atoms with Crippen molar-refractivity contribution in [1.29, 1.82) is 0 Å². The molecule has 1 aliphatic heterocycles. The van der Waals surface area contributed by atoms with Crippen molar-refractivity contribution in [3.8, 4) is 0 Å². The molecular weight excluding hydrogens is 318 g/mol. The molecule has 3 rings (SSSR count). The van der Waals surface area contributed by atoms with Crippen LogP contribution in [0.3, 0.4) is 0 Å². The lowest BCUT2D eigenvalue weighted by Gasteiger charge is -2.21. The monoisotopic (exact) mass is 339 g/mol. The first-order valence-electron chi connectivity index (χ1n) is 8.19. The summed E-state index contributed by atoms with van der Waals surface area (Å²) in [6, 6.07) is 18.6. The first kappa shape index (κ1) is 17.2. The molecule has 0 unspecified atom stereocenters. The van der Waals surface area contributed by atoms with E-state index < -0.39 is 23.8 Å². The lowest BCUT2D eigenvalue weighted by atomic mass is 9.82. The third-order valence-corrected chi connectivity index (χ3v) is 4.73. The number of carbonyl (C=O) groups excluding carboxylic acids is 2. The summed E-state index contributed by atoms with van der Waals surface area (Å²) in [5.41, 5.74) is 1.87. The van der Waals surface area contributed by atoms with Gasteiger partial charge in [0.1, 0.15) is 0 Å². The molecular formula is C20H21NO4. The topological polar surface area (TPSA) is 64.6 Å². The van der Waals surface area contributed by atoms with Crippen LogP contribution in [0.25, 0.3) is 0 Å². The van der Waals surface area contributed by atoms with E-state index in [-0.39, 0.29) is 12.1 Å². The summed E-state index contributed by atoms with van der Waals surface area (Å²) in [6.07, 6.45) is 0. The summed E-state index contributed by atoms with van der Waals surface area (Å²) in [7, 11) is 2.68. The van der Waals surface area contributed by atoms with Gasteiger partial charge >= 0.3 is 11.9 Å². The van der Waals surface area contributed by atoms with E-state index in [1.54, 1.807) is 0 Å². The SMILES string of the molecule is COC(=O)[C@@H]1[C@H](C(=O)OC)[C@@H](c2ccccc2)N[C@H]1c1ccccc1. The Morgan fingerprint density at radius 3 is 1.40 bits per heavy atom. The third kappa shape index (κ3) is 3.28. The fraction of sp³-hybridized carbons (Fsp3) is 0.300. The predicted octanol–water partition coefficient (Wildman–Crippen LogP) is 2.65. The summed E-state index contributed by atoms with van der Waals surface area (Å²) >= 11 is 0. The molecule has 0 saturated carbocycles. The van der Waals surface area contributed by atoms with E-state index in [9.17, 15) is 9.59 Å². The van der Waals surface area contributed by atoms with Crippen molar-refractivity contribution in [2.45, 2.75) is 12.1 Å². The first-order valence-corrected chi connectivity index (χ1v) is 8.19. The van der Waals surface area contributed by atoms with Crippen LogP contribution in [0.5, 0.6) is 0 Å². The maximum atomic E-state index is 12.5. The lowest BCUT2D eigenvalue weighted by molar-refractivity contribution is -0.157. The number of benzene rings is 2. The molecule has 0 aliphatic carbocycles. The van der Waals surface area contributed by atoms with Gasteiger partial charge in [-0.15, -0.1) is 0 Å². The zero-order valence-electron chi connectivity index (χ0n) is 14.2. The van der Waals surface area contributed by atoms with Gasteiger partial charge in [0.25, 0.3) is 0 Å². The van der Waals surface area contributed by atoms with Crippen LogP contribution in [0, 0.1) is 11.8 Å². The molecule has 1 fully saturated rings. The average molecular weight is 339 g/mol. The zero-order chi connectivity index (χ0) is 17.8. The molecule has 2 aromatic rings. The number of rotatable bonds is 4. The van der Waals surface area contributed by atoms with E-state index in [0.717, 1.165) is 11.1 Å². The van der Waals surface area contributed by atoms with Crippen LogP contribution in [-0.2, 0) is 19.1 Å². The Balaban J connectivity index is 2.07. The number of hydrogen-bond donors (Lipinski definition) is 1. The lowest BCUT2D eigenvalue weighted by Crippen LogP contribution is -2.32. The van der Waals surface area contributed by atoms with Gasteiger partial charge in [-0.25, -0.2) is 0 Å². The molecule has 1 N–H and O–H groups in total. The highest BCUT2D eigenvalue weighted by atomic mass is 16.5. The van der Waals surface area contributed by atoms with Crippen molar-refractivity contribution in [2.24, 2.45) is 11.8 Å². The van der Waals surface area contributed by atoms with Crippen molar-refractivity contribution >= 4 is 11.9 Å². The van der Waals surface area contributed by atoms with E-state index in [2.05, 4.69) is 5.32 Å². The van der Waals surface area contributed by atoms with Crippen LogP contribution < -0.4 is 5.32 Å². The molecule has 0 aromatic heterocycles. The minimum atomic E-state index is -0.662. The molecule has 5 nitrogen and oxygen atoms in total. The number of ether oxygens (including phenoxy) is 2. The quantitative estimate of drug-likeness (QED) is 0.868. The molecule has 130 valence electrons. The highest BCUT2D eigenvalue weighted by Gasteiger charge is 2.52. The fourth-order valence-electron chi connectivity index (χ4n) is 3.58. The highest BCUT2D eigenvalue weighted by molar-refractivity contribution is 5.84. The van der Waals surface area contributed by atoms with Gasteiger partial charge in [0.05, 0.1) is 26.1 Å². The Hall–Kier alpha value is -2.66. The summed E-state index contributed by atoms with van der Waals surface area (Å²) in [4.78, 5) is 25.1. The molecule has 1 saturated heterocycles. The summed E-state index contributed by atoms with van der Waals surface area (Å²) in [6.45, 7) is 0. The van der Waals surface area contributed by atoms with Gasteiger partial charge in [-0.05, 0) is 11.1 Å². The second-order valence-corrected chi connectivity index (χ2v) is 6.04. The minimum Gasteiger partial charge on any atom is -0.469 e. The van der Waals surface area contributed by atoms with Crippen LogP contribution in [0.2, 0.25) is 0 Å². The summed E-state index contributed by atoms with van der Waals surface area (Å²) in [5, 5.41) is 3.45. The average Bonchev–Trinajstić information content (AvgIpc) is 3.08. The number of nitrogens with one attached hydrogen (secondary N) is 1. The third-order valence-electron chi connectivity index (χ3n) is 4.73. The number of hydrogen-bond acceptors (Lipinski definition) is 5. The van der Waals surface area contributed by atoms with Crippen molar-refractivity contribution < 1.29 is 19.1 Å². The van der Waals surface area contributed by atoms with Gasteiger partial charge in [0, 0.05) is 12.1 Å². The smallest absolute Gasteiger partial charge is 0.311 e. The maximum absolute atomic E-state index is 12.5. The van der Waals surface area contributed by atoms with Gasteiger partial charge in [-0.3, -0.25) is 9.59 Å². The number of carbonyl (C=O) groups is 2. The van der Waals surface area contributed by atoms with E-state index in [1.165, 1.54) is 14.2 Å². The summed E-state index contributed by atoms with van der Waals surface area (Å²) in [5.74, 6) is -2.17. The number of esters is 2. The van der Waals surface area contributed by atoms with Crippen molar-refractivity contribution in [2.75, 3.05) is 14.2 Å². The second kappa shape index (κ2) is 7.49. The van der Waals surface area contributed by atoms with Crippen LogP contribution in [-0.4, -0.2) is 26.2 Å². The fourth-order valence-corrected chi connectivity index (χ4v) is 3.58. The van der Waals surface area contributed by atoms with Crippen molar-refractivity contribution in [3.63, 3.8) is 0 Å². The molecule has 4 atom stereocenters. The normalized spacial score (nSPS) is 25.4. The van der Waals surface area contributed by atoms with Crippen LogP contribution in [0.15, 0.2) is 60.7 Å². The Kier molecular flexibility index (Phi) is 5.14. The highest BCUT2D eigenvalue weighted by Crippen LogP contribution is 2.45. The second-order valence-electron chi connectivity index (χ2n) is 6.04. The molecule has 1 aliphatic rings. The Labute approximate surface area is 147 Å². The van der Waals surface area contributed by atoms with E-state index in [4.69, 9.17) is 9.47 Å². The molecule has 0 spiro atoms. The first-order chi connectivity index (χ1) is 12.2. The van der Waals surface area contributed by atoms with Crippen molar-refractivity contribution in [3.05, 3.63) is 71.8 Å². The van der Waals surface area contributed by atoms with Crippen LogP contribution in [0.4, 0.5) is 0 Å². The number of methoxy groups -OCH3 is 2. The van der Waals surface area contributed by atoms with Crippen molar-refractivity contribution in [1.82, 2.24) is 5.32 Å². The molecule has 2 aromatic carbocycles. The minimum absolute atomic E-state index is 0.331. The van der Waals surface area contributed by atoms with E-state index in [0.29, 0.717) is 0 Å². The van der Waals surface area contributed by atoms with Gasteiger partial charge in [-0.2, -0.15) is 0 Å². The van der Waals surface area contributed by atoms with E-state index in [1.807, 2.05) is 60.7 Å². The van der Waals surface area contributed by atoms with E-state index >= 15 is 0 Å². The standard InChI is InChI=1S/C20H21NO4/c1-24-19(22)15-16(20(23)25-2)18(14-11-7-4-8-12-14)21-17(15)13-9-5-3-6-10-13/h3-12,15-18,21H,1-2H3/t15-,16+,17+,18-.